The molecule has 148 valence electrons. The fraction of sp³-hybridized carbons (Fsp3) is 0.368. The van der Waals surface area contributed by atoms with E-state index >= 15 is 0 Å². The van der Waals surface area contributed by atoms with E-state index in [0.29, 0.717) is 10.6 Å². The van der Waals surface area contributed by atoms with Crippen LogP contribution in [0.3, 0.4) is 0 Å². The number of nitrogens with zero attached hydrogens (tertiary/aromatic N) is 1. The van der Waals surface area contributed by atoms with Gasteiger partial charge in [0.25, 0.3) is 11.6 Å². The van der Waals surface area contributed by atoms with Gasteiger partial charge in [-0.15, -0.1) is 11.3 Å². The van der Waals surface area contributed by atoms with Crippen molar-refractivity contribution in [2.24, 2.45) is 0 Å². The number of thiophene rings is 1. The molecule has 0 radical (unpaired) electrons. The first-order chi connectivity index (χ1) is 13.4. The van der Waals surface area contributed by atoms with Crippen molar-refractivity contribution in [3.63, 3.8) is 0 Å². The van der Waals surface area contributed by atoms with E-state index in [9.17, 15) is 19.7 Å². The normalized spacial score (nSPS) is 13.8. The number of carbonyl (C=O) groups is 2. The lowest BCUT2D eigenvalue weighted by Crippen LogP contribution is -2.16. The highest BCUT2D eigenvalue weighted by atomic mass is 35.5. The lowest BCUT2D eigenvalue weighted by molar-refractivity contribution is -0.385. The largest absolute Gasteiger partial charge is 0.465 e. The summed E-state index contributed by atoms with van der Waals surface area (Å²) in [5, 5.41) is 14.5. The van der Waals surface area contributed by atoms with Gasteiger partial charge in [-0.1, -0.05) is 24.4 Å². The van der Waals surface area contributed by atoms with Gasteiger partial charge in [-0.25, -0.2) is 4.79 Å². The molecule has 0 fully saturated rings. The highest BCUT2D eigenvalue weighted by Crippen LogP contribution is 2.38. The van der Waals surface area contributed by atoms with Crippen molar-refractivity contribution in [3.8, 4) is 0 Å². The molecule has 1 aromatic heterocycles. The Balaban J connectivity index is 2.00. The number of nitro benzene ring substituents is 1. The Bertz CT molecular complexity index is 941. The number of hydrogen-bond donors (Lipinski definition) is 1. The van der Waals surface area contributed by atoms with Crippen LogP contribution in [0.1, 0.15) is 56.8 Å². The first-order valence-corrected chi connectivity index (χ1v) is 10.1. The lowest BCUT2D eigenvalue weighted by atomic mass is 9.96. The Labute approximate surface area is 170 Å². The zero-order chi connectivity index (χ0) is 20.3. The summed E-state index contributed by atoms with van der Waals surface area (Å²) in [6.45, 7) is 0. The molecule has 9 heteroatoms. The van der Waals surface area contributed by atoms with Gasteiger partial charge in [-0.3, -0.25) is 14.9 Å². The summed E-state index contributed by atoms with van der Waals surface area (Å²) in [5.41, 5.74) is 0.761. The summed E-state index contributed by atoms with van der Waals surface area (Å²) in [4.78, 5) is 36.9. The van der Waals surface area contributed by atoms with E-state index in [1.807, 2.05) is 0 Å². The number of anilines is 1. The third-order valence-corrected chi connectivity index (χ3v) is 6.13. The third kappa shape index (κ3) is 4.18. The van der Waals surface area contributed by atoms with E-state index in [1.54, 1.807) is 0 Å². The van der Waals surface area contributed by atoms with Gasteiger partial charge in [0.05, 0.1) is 17.6 Å². The summed E-state index contributed by atoms with van der Waals surface area (Å²) in [5.74, 6) is -1.18. The third-order valence-electron chi connectivity index (χ3n) is 4.69. The average molecular weight is 423 g/mol. The molecule has 2 aromatic rings. The molecular weight excluding hydrogens is 404 g/mol. The molecule has 0 bridgehead atoms. The van der Waals surface area contributed by atoms with E-state index in [2.05, 4.69) is 5.32 Å². The number of halogens is 1. The van der Waals surface area contributed by atoms with Crippen molar-refractivity contribution >= 4 is 45.5 Å². The van der Waals surface area contributed by atoms with Crippen molar-refractivity contribution in [2.45, 2.75) is 38.5 Å². The van der Waals surface area contributed by atoms with Crippen LogP contribution in [0.25, 0.3) is 0 Å². The second kappa shape index (κ2) is 8.70. The predicted molar refractivity (Wildman–Crippen MR) is 108 cm³/mol. The number of carbonyl (C=O) groups excluding carboxylic acids is 2. The zero-order valence-corrected chi connectivity index (χ0v) is 16.8. The molecule has 1 aliphatic rings. The first kappa shape index (κ1) is 20.3. The smallest absolute Gasteiger partial charge is 0.341 e. The molecule has 1 amide bonds. The number of benzene rings is 1. The van der Waals surface area contributed by atoms with Crippen LogP contribution in [0.2, 0.25) is 5.02 Å². The van der Waals surface area contributed by atoms with Crippen LogP contribution in [0.4, 0.5) is 10.7 Å². The van der Waals surface area contributed by atoms with Crippen LogP contribution in [0.5, 0.6) is 0 Å². The van der Waals surface area contributed by atoms with Gasteiger partial charge in [-0.2, -0.15) is 0 Å². The zero-order valence-electron chi connectivity index (χ0n) is 15.2. The molecule has 0 aliphatic heterocycles. The number of methoxy groups -OCH3 is 1. The minimum Gasteiger partial charge on any atom is -0.465 e. The molecule has 3 rings (SSSR count). The van der Waals surface area contributed by atoms with Crippen molar-refractivity contribution in [1.82, 2.24) is 0 Å². The van der Waals surface area contributed by atoms with Crippen molar-refractivity contribution in [1.29, 1.82) is 0 Å². The number of nitrogens with one attached hydrogen (secondary N) is 1. The second-order valence-electron chi connectivity index (χ2n) is 6.49. The Kier molecular flexibility index (Phi) is 6.31. The molecule has 0 atom stereocenters. The van der Waals surface area contributed by atoms with Crippen LogP contribution in [-0.4, -0.2) is 23.9 Å². The molecule has 0 spiro atoms. The Hall–Kier alpha value is -2.45. The van der Waals surface area contributed by atoms with Crippen LogP contribution in [0.15, 0.2) is 18.2 Å². The van der Waals surface area contributed by atoms with Gasteiger partial charge in [-0.05, 0) is 43.4 Å². The highest BCUT2D eigenvalue weighted by Gasteiger charge is 2.28. The Morgan fingerprint density at radius 3 is 2.61 bits per heavy atom. The molecule has 1 heterocycles. The number of hydrogen-bond acceptors (Lipinski definition) is 6. The summed E-state index contributed by atoms with van der Waals surface area (Å²) in [6, 6.07) is 3.85. The van der Waals surface area contributed by atoms with Crippen LogP contribution < -0.4 is 5.32 Å². The van der Waals surface area contributed by atoms with E-state index in [1.165, 1.54) is 30.6 Å². The van der Waals surface area contributed by atoms with E-state index in [-0.39, 0.29) is 16.3 Å². The van der Waals surface area contributed by atoms with Crippen molar-refractivity contribution < 1.29 is 19.2 Å². The number of rotatable bonds is 4. The maximum absolute atomic E-state index is 12.8. The quantitative estimate of drug-likeness (QED) is 0.424. The number of esters is 1. The summed E-state index contributed by atoms with van der Waals surface area (Å²) >= 11 is 7.16. The van der Waals surface area contributed by atoms with Gasteiger partial charge >= 0.3 is 5.97 Å². The van der Waals surface area contributed by atoms with Gasteiger partial charge in [0.2, 0.25) is 0 Å². The molecule has 7 nitrogen and oxygen atoms in total. The van der Waals surface area contributed by atoms with E-state index < -0.39 is 16.8 Å². The number of amides is 1. The van der Waals surface area contributed by atoms with Gasteiger partial charge in [0, 0.05) is 16.0 Å². The molecule has 0 saturated heterocycles. The van der Waals surface area contributed by atoms with Crippen molar-refractivity contribution in [3.05, 3.63) is 54.9 Å². The maximum Gasteiger partial charge on any atom is 0.341 e. The monoisotopic (exact) mass is 422 g/mol. The van der Waals surface area contributed by atoms with E-state index in [0.717, 1.165) is 55.0 Å². The Morgan fingerprint density at radius 2 is 1.93 bits per heavy atom. The summed E-state index contributed by atoms with van der Waals surface area (Å²) in [7, 11) is 1.30. The molecule has 1 aromatic carbocycles. The highest BCUT2D eigenvalue weighted by molar-refractivity contribution is 7.17. The number of nitro groups is 1. The van der Waals surface area contributed by atoms with Crippen LogP contribution in [0, 0.1) is 10.1 Å². The molecule has 1 N–H and O–H groups in total. The average Bonchev–Trinajstić information content (AvgIpc) is 2.96. The van der Waals surface area contributed by atoms with Crippen LogP contribution in [-0.2, 0) is 17.6 Å². The minimum atomic E-state index is -0.664. The maximum atomic E-state index is 12.8. The number of ether oxygens (including phenoxy) is 1. The fourth-order valence-electron chi connectivity index (χ4n) is 3.34. The van der Waals surface area contributed by atoms with Gasteiger partial charge in [0.1, 0.15) is 10.6 Å². The van der Waals surface area contributed by atoms with Crippen molar-refractivity contribution in [2.75, 3.05) is 12.4 Å². The van der Waals surface area contributed by atoms with E-state index in [4.69, 9.17) is 16.3 Å². The molecule has 1 aliphatic carbocycles. The SMILES string of the molecule is COC(=O)c1c(NC(=O)c2ccc(Cl)cc2[N+](=O)[O-])sc2c1CCCCCC2. The van der Waals surface area contributed by atoms with Gasteiger partial charge in [0.15, 0.2) is 0 Å². The molecular formula is C19H19ClN2O5S. The first-order valence-electron chi connectivity index (χ1n) is 8.90. The standard InChI is InChI=1S/C19H19ClN2O5S/c1-27-19(24)16-13-6-4-2-3-5-7-15(13)28-18(16)21-17(23)12-9-8-11(20)10-14(12)22(25)26/h8-10H,2-7H2,1H3,(H,21,23). The summed E-state index contributed by atoms with van der Waals surface area (Å²) < 4.78 is 4.93. The molecule has 0 unspecified atom stereocenters. The number of aryl methyl sites for hydroxylation is 1. The molecule has 0 saturated carbocycles. The van der Waals surface area contributed by atoms with Gasteiger partial charge < -0.3 is 10.1 Å². The fourth-order valence-corrected chi connectivity index (χ4v) is 4.78. The second-order valence-corrected chi connectivity index (χ2v) is 8.03. The topological polar surface area (TPSA) is 98.5 Å². The van der Waals surface area contributed by atoms with Crippen LogP contribution >= 0.6 is 22.9 Å². The predicted octanol–water partition coefficient (Wildman–Crippen LogP) is 5.01. The minimum absolute atomic E-state index is 0.119. The summed E-state index contributed by atoms with van der Waals surface area (Å²) in [6.07, 6.45) is 5.78. The Morgan fingerprint density at radius 1 is 1.21 bits per heavy atom. The molecule has 28 heavy (non-hydrogen) atoms. The number of fused-ring (bicyclic) bond motifs is 1. The lowest BCUT2D eigenvalue weighted by Gasteiger charge is -2.11.